The van der Waals surface area contributed by atoms with Crippen molar-refractivity contribution in [1.29, 1.82) is 0 Å². The first-order valence-electron chi connectivity index (χ1n) is 10.5. The van der Waals surface area contributed by atoms with Gasteiger partial charge in [-0.3, -0.25) is 14.6 Å². The first-order valence-corrected chi connectivity index (χ1v) is 11.8. The van der Waals surface area contributed by atoms with E-state index < -0.39 is 57.6 Å². The number of hydrogen-bond acceptors (Lipinski definition) is 4. The third kappa shape index (κ3) is 6.84. The van der Waals surface area contributed by atoms with Gasteiger partial charge in [-0.25, -0.2) is 21.7 Å². The zero-order chi connectivity index (χ0) is 24.0. The molecule has 2 aromatic rings. The molecule has 1 aromatic heterocycles. The number of halogens is 3. The zero-order valence-corrected chi connectivity index (χ0v) is 18.9. The highest BCUT2D eigenvalue weighted by molar-refractivity contribution is 7.81. The molecule has 2 unspecified atom stereocenters. The van der Waals surface area contributed by atoms with Crippen molar-refractivity contribution in [2.75, 3.05) is 13.1 Å². The van der Waals surface area contributed by atoms with Crippen molar-refractivity contribution < 1.29 is 27.0 Å². The minimum Gasteiger partial charge on any atom is -0.350 e. The Kier molecular flexibility index (Phi) is 8.56. The smallest absolute Gasteiger partial charge is 0.239 e. The summed E-state index contributed by atoms with van der Waals surface area (Å²) in [6.07, 6.45) is 3.41. The lowest BCUT2D eigenvalue weighted by Crippen LogP contribution is -2.51. The van der Waals surface area contributed by atoms with E-state index in [-0.39, 0.29) is 13.1 Å². The Morgan fingerprint density at radius 1 is 1.15 bits per heavy atom. The summed E-state index contributed by atoms with van der Waals surface area (Å²) < 4.78 is 55.3. The Morgan fingerprint density at radius 2 is 1.88 bits per heavy atom. The monoisotopic (exact) mass is 482 g/mol. The van der Waals surface area contributed by atoms with Gasteiger partial charge in [0.25, 0.3) is 0 Å². The van der Waals surface area contributed by atoms with Crippen LogP contribution >= 0.6 is 0 Å². The van der Waals surface area contributed by atoms with Gasteiger partial charge in [-0.1, -0.05) is 12.5 Å². The van der Waals surface area contributed by atoms with E-state index in [1.165, 1.54) is 4.31 Å². The number of rotatable bonds is 8. The fraction of sp³-hybridized carbons (Fsp3) is 0.409. The number of carbonyl (C=O) groups is 2. The summed E-state index contributed by atoms with van der Waals surface area (Å²) in [5, 5.41) is 5.22. The largest absolute Gasteiger partial charge is 0.350 e. The standard InChI is InChI=1S/C22H25F3N4O3S/c1-14-5-6-15(10-26-14)11-27-21(30)12-28-22(31)20-4-2-3-7-29(20)33(32)13-17-18(24)8-16(23)9-19(17)25/h5-6,8-10,20H,2-4,7,11-13H2,1H3,(H,27,30)(H,28,31). The van der Waals surface area contributed by atoms with Gasteiger partial charge in [0.2, 0.25) is 11.8 Å². The third-order valence-electron chi connectivity index (χ3n) is 5.28. The van der Waals surface area contributed by atoms with Gasteiger partial charge in [0.1, 0.15) is 23.5 Å². The second-order valence-corrected chi connectivity index (χ2v) is 9.17. The molecule has 1 aromatic carbocycles. The van der Waals surface area contributed by atoms with Crippen LogP contribution in [0.5, 0.6) is 0 Å². The van der Waals surface area contributed by atoms with Crippen LogP contribution < -0.4 is 10.6 Å². The lowest BCUT2D eigenvalue weighted by Gasteiger charge is -2.33. The van der Waals surface area contributed by atoms with Crippen molar-refractivity contribution in [1.82, 2.24) is 19.9 Å². The lowest BCUT2D eigenvalue weighted by molar-refractivity contribution is -0.129. The van der Waals surface area contributed by atoms with Crippen LogP contribution in [0.4, 0.5) is 13.2 Å². The maximum Gasteiger partial charge on any atom is 0.239 e. The van der Waals surface area contributed by atoms with Gasteiger partial charge in [-0.15, -0.1) is 0 Å². The summed E-state index contributed by atoms with van der Waals surface area (Å²) in [7, 11) is -1.92. The van der Waals surface area contributed by atoms with Crippen LogP contribution in [0.3, 0.4) is 0 Å². The molecule has 2 amide bonds. The summed E-state index contributed by atoms with van der Waals surface area (Å²) in [5.74, 6) is -4.73. The van der Waals surface area contributed by atoms with Gasteiger partial charge >= 0.3 is 0 Å². The van der Waals surface area contributed by atoms with E-state index in [2.05, 4.69) is 15.6 Å². The van der Waals surface area contributed by atoms with Crippen LogP contribution in [0.2, 0.25) is 0 Å². The SMILES string of the molecule is Cc1ccc(CNC(=O)CNC(=O)C2CCCCN2S(=O)Cc2c(F)cc(F)cc2F)cn1. The van der Waals surface area contributed by atoms with Crippen molar-refractivity contribution in [3.05, 3.63) is 64.7 Å². The fourth-order valence-corrected chi connectivity index (χ4v) is 4.98. The molecule has 0 radical (unpaired) electrons. The summed E-state index contributed by atoms with van der Waals surface area (Å²) in [4.78, 5) is 28.9. The molecule has 1 fully saturated rings. The van der Waals surface area contributed by atoms with Crippen LogP contribution in [0.25, 0.3) is 0 Å². The number of nitrogens with one attached hydrogen (secondary N) is 2. The summed E-state index contributed by atoms with van der Waals surface area (Å²) in [5.41, 5.74) is 1.18. The Labute approximate surface area is 192 Å². The highest BCUT2D eigenvalue weighted by atomic mass is 32.2. The molecular formula is C22H25F3N4O3S. The Bertz CT molecular complexity index is 1010. The van der Waals surface area contributed by atoms with E-state index in [9.17, 15) is 27.0 Å². The molecule has 178 valence electrons. The van der Waals surface area contributed by atoms with E-state index in [4.69, 9.17) is 0 Å². The molecule has 1 aliphatic rings. The number of aromatic nitrogens is 1. The van der Waals surface area contributed by atoms with Crippen LogP contribution in [0.15, 0.2) is 30.5 Å². The maximum atomic E-state index is 14.0. The number of carbonyl (C=O) groups excluding carboxylic acids is 2. The van der Waals surface area contributed by atoms with Crippen molar-refractivity contribution in [3.8, 4) is 0 Å². The topological polar surface area (TPSA) is 91.4 Å². The normalized spacial score (nSPS) is 17.4. The zero-order valence-electron chi connectivity index (χ0n) is 18.1. The van der Waals surface area contributed by atoms with Gasteiger partial charge < -0.3 is 10.6 Å². The summed E-state index contributed by atoms with van der Waals surface area (Å²) >= 11 is 0. The van der Waals surface area contributed by atoms with Gasteiger partial charge in [-0.2, -0.15) is 0 Å². The van der Waals surface area contributed by atoms with Crippen LogP contribution in [-0.2, 0) is 32.9 Å². The third-order valence-corrected chi connectivity index (χ3v) is 6.77. The highest BCUT2D eigenvalue weighted by Crippen LogP contribution is 2.23. The molecule has 0 saturated carbocycles. The minimum absolute atomic E-state index is 0.260. The Balaban J connectivity index is 1.55. The van der Waals surface area contributed by atoms with E-state index in [1.807, 2.05) is 19.1 Å². The van der Waals surface area contributed by atoms with E-state index in [0.717, 1.165) is 11.3 Å². The van der Waals surface area contributed by atoms with Gasteiger partial charge in [0.15, 0.2) is 0 Å². The number of pyridine rings is 1. The number of piperidine rings is 1. The average Bonchev–Trinajstić information content (AvgIpc) is 2.79. The molecule has 0 bridgehead atoms. The molecule has 2 N–H and O–H groups in total. The second-order valence-electron chi connectivity index (χ2n) is 7.77. The molecule has 3 rings (SSSR count). The maximum absolute atomic E-state index is 14.0. The predicted molar refractivity (Wildman–Crippen MR) is 116 cm³/mol. The van der Waals surface area contributed by atoms with Crippen molar-refractivity contribution in [2.45, 2.75) is 44.5 Å². The highest BCUT2D eigenvalue weighted by Gasteiger charge is 2.33. The van der Waals surface area contributed by atoms with Crippen molar-refractivity contribution >= 4 is 22.8 Å². The van der Waals surface area contributed by atoms with E-state index in [0.29, 0.717) is 37.9 Å². The van der Waals surface area contributed by atoms with Crippen LogP contribution in [0, 0.1) is 24.4 Å². The molecule has 7 nitrogen and oxygen atoms in total. The fourth-order valence-electron chi connectivity index (χ4n) is 3.48. The first-order chi connectivity index (χ1) is 15.7. The average molecular weight is 483 g/mol. The molecule has 2 atom stereocenters. The number of amides is 2. The second kappa shape index (κ2) is 11.4. The molecule has 11 heteroatoms. The van der Waals surface area contributed by atoms with E-state index in [1.54, 1.807) is 6.20 Å². The number of aryl methyl sites for hydroxylation is 1. The minimum atomic E-state index is -1.92. The molecular weight excluding hydrogens is 457 g/mol. The van der Waals surface area contributed by atoms with Crippen LogP contribution in [0.1, 0.15) is 36.1 Å². The molecule has 2 heterocycles. The first kappa shape index (κ1) is 24.8. The number of nitrogens with zero attached hydrogens (tertiary/aromatic N) is 2. The summed E-state index contributed by atoms with van der Waals surface area (Å²) in [6.45, 7) is 2.14. The van der Waals surface area contributed by atoms with Gasteiger partial charge in [0.05, 0.1) is 23.3 Å². The Morgan fingerprint density at radius 3 is 2.55 bits per heavy atom. The quantitative estimate of drug-likeness (QED) is 0.604. The Hall–Kier alpha value is -2.79. The van der Waals surface area contributed by atoms with Crippen LogP contribution in [-0.4, -0.2) is 44.4 Å². The number of hydrogen-bond donors (Lipinski definition) is 2. The predicted octanol–water partition coefficient (Wildman–Crippen LogP) is 2.26. The van der Waals surface area contributed by atoms with E-state index >= 15 is 0 Å². The van der Waals surface area contributed by atoms with Gasteiger partial charge in [-0.05, 0) is 31.4 Å². The van der Waals surface area contributed by atoms with Gasteiger partial charge in [0, 0.05) is 42.7 Å². The lowest BCUT2D eigenvalue weighted by atomic mass is 10.0. The molecule has 1 aliphatic heterocycles. The van der Waals surface area contributed by atoms with Crippen molar-refractivity contribution in [3.63, 3.8) is 0 Å². The number of benzene rings is 1. The summed E-state index contributed by atoms with van der Waals surface area (Å²) in [6, 6.07) is 3.91. The molecule has 33 heavy (non-hydrogen) atoms. The molecule has 0 aliphatic carbocycles. The van der Waals surface area contributed by atoms with Crippen molar-refractivity contribution in [2.24, 2.45) is 0 Å². The molecule has 0 spiro atoms. The molecule has 1 saturated heterocycles.